The van der Waals surface area contributed by atoms with Crippen LogP contribution in [0.1, 0.15) is 95.2 Å². The van der Waals surface area contributed by atoms with Gasteiger partial charge in [0.05, 0.1) is 0 Å². The standard InChI is InChI=1S/C15H14.C3H8O2.C2H6O2.4C2H6.2CH4.CH3.W/c1-15(2)13-9-5-3-7-11(13)12-8-4-6-10-14(12)15;1-4-3-5-2;1-4-2-3;4*1-2;;;;/h3-10H,1-2H3;3H2,1-2H3;3H,2H2,1H3;4*1-2H3;2*1H4;1H3;/q;;;;;;;;;-1;. The zero-order valence-corrected chi connectivity index (χ0v) is 27.5. The van der Waals surface area contributed by atoms with E-state index in [2.05, 4.69) is 76.6 Å². The molecule has 3 rings (SSSR count). The second kappa shape index (κ2) is 41.1. The molecule has 0 heterocycles. The van der Waals surface area contributed by atoms with Crippen LogP contribution in [0.5, 0.6) is 0 Å². The number of fused-ring (bicyclic) bond motifs is 3. The summed E-state index contributed by atoms with van der Waals surface area (Å²) < 4.78 is 13.0. The van der Waals surface area contributed by atoms with Crippen molar-refractivity contribution >= 4 is 0 Å². The number of methoxy groups -OCH3 is 3. The third kappa shape index (κ3) is 21.1. The van der Waals surface area contributed by atoms with E-state index < -0.39 is 0 Å². The van der Waals surface area contributed by atoms with Crippen molar-refractivity contribution in [2.24, 2.45) is 0 Å². The third-order valence-corrected chi connectivity index (χ3v) is 3.86. The number of hydrogen-bond acceptors (Lipinski definition) is 4. The minimum Gasteiger partial charge on any atom is -0.371 e. The van der Waals surface area contributed by atoms with Gasteiger partial charge >= 0.3 is 0 Å². The van der Waals surface area contributed by atoms with Crippen LogP contribution in [-0.2, 0) is 40.7 Å². The van der Waals surface area contributed by atoms with Crippen molar-refractivity contribution < 1.29 is 40.4 Å². The fraction of sp³-hybridized carbons (Fsp3) is 0.581. The maximum atomic E-state index is 7.65. The molecule has 2 aromatic carbocycles. The molecule has 0 spiro atoms. The smallest absolute Gasteiger partial charge is 0.145 e. The molecule has 1 N–H and O–H groups in total. The largest absolute Gasteiger partial charge is 0.371 e. The van der Waals surface area contributed by atoms with Gasteiger partial charge in [0, 0.05) is 47.8 Å². The van der Waals surface area contributed by atoms with Crippen molar-refractivity contribution in [3.8, 4) is 11.1 Å². The first-order valence-electron chi connectivity index (χ1n) is 11.8. The summed E-state index contributed by atoms with van der Waals surface area (Å²) in [5.41, 5.74) is 5.86. The summed E-state index contributed by atoms with van der Waals surface area (Å²) in [6.07, 6.45) is 0. The Morgan fingerprint density at radius 3 is 1.06 bits per heavy atom. The quantitative estimate of drug-likeness (QED) is 0.259. The monoisotopic (exact) mass is 683 g/mol. The Kier molecular flexibility index (Phi) is 63.4. The minimum atomic E-state index is -0.181. The Morgan fingerprint density at radius 2 is 0.861 bits per heavy atom. The molecule has 0 aliphatic heterocycles. The maximum Gasteiger partial charge on any atom is 0.145 e. The SMILES string of the molecule is C.C.CC.CC.CC.CC.CC1(C)c2ccccc2-c2ccccc21.COCO.COCOC.[CH3-].[W]. The molecule has 0 radical (unpaired) electrons. The van der Waals surface area contributed by atoms with Crippen LogP contribution in [0.2, 0.25) is 0 Å². The van der Waals surface area contributed by atoms with Crippen molar-refractivity contribution in [3.05, 3.63) is 67.1 Å². The normalized spacial score (nSPS) is 9.28. The van der Waals surface area contributed by atoms with E-state index in [4.69, 9.17) is 5.11 Å². The second-order valence-electron chi connectivity index (χ2n) is 5.83. The summed E-state index contributed by atoms with van der Waals surface area (Å²) in [6.45, 7) is 20.8. The van der Waals surface area contributed by atoms with E-state index in [1.54, 1.807) is 14.2 Å². The fourth-order valence-electron chi connectivity index (χ4n) is 2.79. The van der Waals surface area contributed by atoms with Crippen LogP contribution < -0.4 is 0 Å². The number of rotatable bonds is 3. The van der Waals surface area contributed by atoms with Crippen LogP contribution >= 0.6 is 0 Å². The van der Waals surface area contributed by atoms with Crippen LogP contribution in [0.15, 0.2) is 48.5 Å². The fourth-order valence-corrected chi connectivity index (χ4v) is 2.79. The molecule has 0 fully saturated rings. The van der Waals surface area contributed by atoms with Gasteiger partial charge in [-0.2, -0.15) is 0 Å². The van der Waals surface area contributed by atoms with Gasteiger partial charge in [0.1, 0.15) is 13.6 Å². The molecule has 218 valence electrons. The molecule has 1 aliphatic rings. The van der Waals surface area contributed by atoms with Crippen molar-refractivity contribution in [1.82, 2.24) is 0 Å². The van der Waals surface area contributed by atoms with E-state index in [9.17, 15) is 0 Å². The number of aliphatic hydroxyl groups is 1. The van der Waals surface area contributed by atoms with Gasteiger partial charge in [-0.05, 0) is 22.3 Å². The third-order valence-electron chi connectivity index (χ3n) is 3.86. The molecule has 5 heteroatoms. The first-order chi connectivity index (χ1) is 15.5. The molecule has 0 saturated heterocycles. The molecule has 1 aliphatic carbocycles. The Labute approximate surface area is 242 Å². The van der Waals surface area contributed by atoms with Crippen molar-refractivity contribution in [3.63, 3.8) is 0 Å². The molecule has 0 amide bonds. The molecule has 0 aromatic heterocycles. The number of benzene rings is 2. The summed E-state index contributed by atoms with van der Waals surface area (Å²) in [5.74, 6) is 0. The van der Waals surface area contributed by atoms with Gasteiger partial charge in [-0.15, -0.1) is 0 Å². The molecule has 0 atom stereocenters. The van der Waals surface area contributed by atoms with Gasteiger partial charge in [-0.25, -0.2) is 0 Å². The number of ether oxygens (including phenoxy) is 3. The van der Waals surface area contributed by atoms with Gasteiger partial charge in [-0.3, -0.25) is 0 Å². The van der Waals surface area contributed by atoms with E-state index in [0.29, 0.717) is 6.79 Å². The summed E-state index contributed by atoms with van der Waals surface area (Å²) in [6, 6.07) is 17.4. The average Bonchev–Trinajstić information content (AvgIpc) is 3.12. The molecule has 36 heavy (non-hydrogen) atoms. The van der Waals surface area contributed by atoms with Gasteiger partial charge < -0.3 is 26.7 Å². The summed E-state index contributed by atoms with van der Waals surface area (Å²) in [4.78, 5) is 0. The minimum absolute atomic E-state index is 0. The first-order valence-corrected chi connectivity index (χ1v) is 11.8. The van der Waals surface area contributed by atoms with Gasteiger partial charge in [0.15, 0.2) is 0 Å². The molecular formula is C31H63O4W-. The van der Waals surface area contributed by atoms with E-state index in [1.165, 1.54) is 29.4 Å². The van der Waals surface area contributed by atoms with E-state index >= 15 is 0 Å². The summed E-state index contributed by atoms with van der Waals surface area (Å²) in [5, 5.41) is 7.65. The molecule has 2 aromatic rings. The molecular weight excluding hydrogens is 620 g/mol. The van der Waals surface area contributed by atoms with E-state index in [1.807, 2.05) is 55.4 Å². The van der Waals surface area contributed by atoms with Crippen molar-refractivity contribution in [1.29, 1.82) is 0 Å². The van der Waals surface area contributed by atoms with Gasteiger partial charge in [0.2, 0.25) is 0 Å². The predicted octanol–water partition coefficient (Wildman–Crippen LogP) is 9.64. The van der Waals surface area contributed by atoms with Crippen LogP contribution in [0, 0.1) is 7.43 Å². The number of hydrogen-bond donors (Lipinski definition) is 1. The first kappa shape index (κ1) is 55.5. The predicted molar refractivity (Wildman–Crippen MR) is 162 cm³/mol. The van der Waals surface area contributed by atoms with E-state index in [0.717, 1.165) is 0 Å². The van der Waals surface area contributed by atoms with Crippen LogP contribution in [0.3, 0.4) is 0 Å². The molecule has 0 bridgehead atoms. The van der Waals surface area contributed by atoms with Crippen LogP contribution in [0.4, 0.5) is 0 Å². The topological polar surface area (TPSA) is 47.9 Å². The number of aliphatic hydroxyl groups excluding tert-OH is 1. The Balaban J connectivity index is -0.0000000537. The van der Waals surface area contributed by atoms with Crippen molar-refractivity contribution in [2.45, 2.75) is 89.5 Å². The average molecular weight is 684 g/mol. The molecule has 4 nitrogen and oxygen atoms in total. The zero-order chi connectivity index (χ0) is 26.0. The van der Waals surface area contributed by atoms with Crippen LogP contribution in [-0.4, -0.2) is 40.0 Å². The Morgan fingerprint density at radius 1 is 0.611 bits per heavy atom. The summed E-state index contributed by atoms with van der Waals surface area (Å²) in [7, 11) is 4.60. The molecule has 0 unspecified atom stereocenters. The van der Waals surface area contributed by atoms with Gasteiger partial charge in [-0.1, -0.05) is 133 Å². The van der Waals surface area contributed by atoms with Crippen molar-refractivity contribution in [2.75, 3.05) is 34.9 Å². The zero-order valence-electron chi connectivity index (χ0n) is 24.6. The maximum absolute atomic E-state index is 7.65. The van der Waals surface area contributed by atoms with E-state index in [-0.39, 0.29) is 55.6 Å². The Hall–Kier alpha value is -1.03. The van der Waals surface area contributed by atoms with Crippen LogP contribution in [0.25, 0.3) is 11.1 Å². The Bertz CT molecular complexity index is 566. The van der Waals surface area contributed by atoms with Gasteiger partial charge in [0.25, 0.3) is 0 Å². The molecule has 0 saturated carbocycles. The second-order valence-corrected chi connectivity index (χ2v) is 5.83. The summed E-state index contributed by atoms with van der Waals surface area (Å²) >= 11 is 0.